The molecular formula is C19H21Cl2NO3. The predicted octanol–water partition coefficient (Wildman–Crippen LogP) is 4.07. The Bertz CT molecular complexity index is 722. The summed E-state index contributed by atoms with van der Waals surface area (Å²) in [5, 5.41) is 9.67. The van der Waals surface area contributed by atoms with Gasteiger partial charge in [-0.1, -0.05) is 35.3 Å². The van der Waals surface area contributed by atoms with E-state index in [4.69, 9.17) is 33.0 Å². The smallest absolute Gasteiger partial charge is 0.178 e. The fourth-order valence-corrected chi connectivity index (χ4v) is 2.92. The standard InChI is InChI=1S/C19H21Cl2NO3/c1-22(13-19(24)17-7-6-15(20)11-18(17)21)12-14-4-2-5-16(10-14)25-9-3-8-23/h2,4-7,10-11,23H,3,8-9,12-13H2,1H3. The minimum atomic E-state index is -0.0560. The van der Waals surface area contributed by atoms with Gasteiger partial charge in [0.25, 0.3) is 0 Å². The second kappa shape index (κ2) is 9.78. The van der Waals surface area contributed by atoms with E-state index in [9.17, 15) is 4.79 Å². The molecule has 0 fully saturated rings. The van der Waals surface area contributed by atoms with Crippen LogP contribution in [0.5, 0.6) is 5.75 Å². The number of halogens is 2. The van der Waals surface area contributed by atoms with E-state index >= 15 is 0 Å². The fraction of sp³-hybridized carbons (Fsp3) is 0.316. The van der Waals surface area contributed by atoms with Crippen LogP contribution in [0.4, 0.5) is 0 Å². The molecule has 2 aromatic rings. The van der Waals surface area contributed by atoms with Crippen LogP contribution in [-0.4, -0.2) is 42.6 Å². The summed E-state index contributed by atoms with van der Waals surface area (Å²) in [6.07, 6.45) is 0.598. The maximum absolute atomic E-state index is 12.4. The number of aliphatic hydroxyl groups is 1. The normalized spacial score (nSPS) is 10.9. The Balaban J connectivity index is 1.94. The summed E-state index contributed by atoms with van der Waals surface area (Å²) < 4.78 is 5.57. The average Bonchev–Trinajstić information content (AvgIpc) is 2.55. The van der Waals surface area contributed by atoms with Gasteiger partial charge in [0.15, 0.2) is 5.78 Å². The van der Waals surface area contributed by atoms with Crippen LogP contribution in [0, 0.1) is 0 Å². The highest BCUT2D eigenvalue weighted by molar-refractivity contribution is 6.36. The van der Waals surface area contributed by atoms with E-state index < -0.39 is 0 Å². The Labute approximate surface area is 157 Å². The first kappa shape index (κ1) is 19.7. The van der Waals surface area contributed by atoms with Crippen molar-refractivity contribution in [3.05, 3.63) is 63.6 Å². The van der Waals surface area contributed by atoms with Gasteiger partial charge in [0.1, 0.15) is 5.75 Å². The van der Waals surface area contributed by atoms with E-state index in [-0.39, 0.29) is 18.9 Å². The molecule has 2 aromatic carbocycles. The van der Waals surface area contributed by atoms with E-state index in [0.717, 1.165) is 11.3 Å². The molecule has 0 saturated carbocycles. The first-order valence-corrected chi connectivity index (χ1v) is 8.74. The van der Waals surface area contributed by atoms with Crippen molar-refractivity contribution in [1.29, 1.82) is 0 Å². The van der Waals surface area contributed by atoms with Gasteiger partial charge in [-0.25, -0.2) is 0 Å². The second-order valence-corrected chi connectivity index (χ2v) is 6.64. The van der Waals surface area contributed by atoms with E-state index in [1.165, 1.54) is 0 Å². The molecule has 0 bridgehead atoms. The quantitative estimate of drug-likeness (QED) is 0.525. The van der Waals surface area contributed by atoms with Crippen LogP contribution < -0.4 is 4.74 Å². The van der Waals surface area contributed by atoms with Gasteiger partial charge in [0.2, 0.25) is 0 Å². The minimum absolute atomic E-state index is 0.0560. The van der Waals surface area contributed by atoms with Crippen LogP contribution in [0.1, 0.15) is 22.3 Å². The Morgan fingerprint density at radius 2 is 2.00 bits per heavy atom. The number of benzene rings is 2. The molecule has 2 rings (SSSR count). The van der Waals surface area contributed by atoms with Crippen LogP contribution in [-0.2, 0) is 6.54 Å². The number of ketones is 1. The average molecular weight is 382 g/mol. The molecule has 0 unspecified atom stereocenters. The summed E-state index contributed by atoms with van der Waals surface area (Å²) in [6.45, 7) is 1.44. The predicted molar refractivity (Wildman–Crippen MR) is 101 cm³/mol. The molecule has 0 amide bonds. The summed E-state index contributed by atoms with van der Waals surface area (Å²) in [5.74, 6) is 0.700. The molecule has 4 nitrogen and oxygen atoms in total. The number of carbonyl (C=O) groups is 1. The third kappa shape index (κ3) is 6.33. The first-order chi connectivity index (χ1) is 12.0. The lowest BCUT2D eigenvalue weighted by atomic mass is 10.1. The summed E-state index contributed by atoms with van der Waals surface area (Å²) >= 11 is 12.0. The van der Waals surface area contributed by atoms with Crippen molar-refractivity contribution >= 4 is 29.0 Å². The van der Waals surface area contributed by atoms with Crippen molar-refractivity contribution in [1.82, 2.24) is 4.90 Å². The summed E-state index contributed by atoms with van der Waals surface area (Å²) in [7, 11) is 1.88. The molecule has 0 radical (unpaired) electrons. The molecule has 6 heteroatoms. The number of carbonyl (C=O) groups excluding carboxylic acids is 1. The van der Waals surface area contributed by atoms with Gasteiger partial charge >= 0.3 is 0 Å². The monoisotopic (exact) mass is 381 g/mol. The van der Waals surface area contributed by atoms with Crippen LogP contribution in [0.3, 0.4) is 0 Å². The topological polar surface area (TPSA) is 49.8 Å². The number of rotatable bonds is 9. The Kier molecular flexibility index (Phi) is 7.72. The van der Waals surface area contributed by atoms with Crippen molar-refractivity contribution in [2.75, 3.05) is 26.8 Å². The largest absolute Gasteiger partial charge is 0.493 e. The van der Waals surface area contributed by atoms with Gasteiger partial charge in [0, 0.05) is 30.2 Å². The maximum Gasteiger partial charge on any atom is 0.178 e. The fourth-order valence-electron chi connectivity index (χ4n) is 2.40. The molecule has 0 spiro atoms. The molecule has 25 heavy (non-hydrogen) atoms. The zero-order chi connectivity index (χ0) is 18.2. The number of nitrogens with zero attached hydrogens (tertiary/aromatic N) is 1. The number of ether oxygens (including phenoxy) is 1. The molecule has 0 aliphatic carbocycles. The number of hydrogen-bond acceptors (Lipinski definition) is 4. The second-order valence-electron chi connectivity index (χ2n) is 5.79. The molecule has 0 aromatic heterocycles. The Morgan fingerprint density at radius 3 is 2.72 bits per heavy atom. The Hall–Kier alpha value is -1.59. The summed E-state index contributed by atoms with van der Waals surface area (Å²) in [4.78, 5) is 14.3. The van der Waals surface area contributed by atoms with Gasteiger partial charge in [-0.15, -0.1) is 0 Å². The maximum atomic E-state index is 12.4. The molecule has 1 N–H and O–H groups in total. The molecule has 0 atom stereocenters. The number of likely N-dealkylation sites (N-methyl/N-ethyl adjacent to an activating group) is 1. The lowest BCUT2D eigenvalue weighted by Crippen LogP contribution is -2.25. The molecule has 0 aliphatic rings. The number of Topliss-reactive ketones (excluding diaryl/α,β-unsaturated/α-hetero) is 1. The van der Waals surface area contributed by atoms with Crippen LogP contribution in [0.25, 0.3) is 0 Å². The lowest BCUT2D eigenvalue weighted by molar-refractivity contribution is 0.0943. The summed E-state index contributed by atoms with van der Waals surface area (Å²) in [5.41, 5.74) is 1.51. The van der Waals surface area contributed by atoms with Gasteiger partial charge in [-0.2, -0.15) is 0 Å². The zero-order valence-corrected chi connectivity index (χ0v) is 15.6. The minimum Gasteiger partial charge on any atom is -0.493 e. The molecule has 0 aliphatic heterocycles. The first-order valence-electron chi connectivity index (χ1n) is 7.99. The van der Waals surface area contributed by atoms with Crippen molar-refractivity contribution < 1.29 is 14.6 Å². The van der Waals surface area contributed by atoms with Crippen LogP contribution in [0.15, 0.2) is 42.5 Å². The van der Waals surface area contributed by atoms with E-state index in [1.54, 1.807) is 18.2 Å². The third-order valence-electron chi connectivity index (χ3n) is 3.57. The SMILES string of the molecule is CN(CC(=O)c1ccc(Cl)cc1Cl)Cc1cccc(OCCCO)c1. The van der Waals surface area contributed by atoms with E-state index in [1.807, 2.05) is 36.2 Å². The third-order valence-corrected chi connectivity index (χ3v) is 4.11. The highest BCUT2D eigenvalue weighted by Crippen LogP contribution is 2.22. The van der Waals surface area contributed by atoms with Crippen LogP contribution >= 0.6 is 23.2 Å². The van der Waals surface area contributed by atoms with Gasteiger partial charge in [-0.3, -0.25) is 9.69 Å². The van der Waals surface area contributed by atoms with Gasteiger partial charge in [0.05, 0.1) is 18.2 Å². The van der Waals surface area contributed by atoms with Crippen molar-refractivity contribution in [2.24, 2.45) is 0 Å². The van der Waals surface area contributed by atoms with Crippen molar-refractivity contribution in [3.63, 3.8) is 0 Å². The molecule has 0 heterocycles. The lowest BCUT2D eigenvalue weighted by Gasteiger charge is -2.17. The van der Waals surface area contributed by atoms with Gasteiger partial charge in [-0.05, 0) is 42.9 Å². The van der Waals surface area contributed by atoms with Crippen LogP contribution in [0.2, 0.25) is 10.0 Å². The molecule has 134 valence electrons. The van der Waals surface area contributed by atoms with Crippen molar-refractivity contribution in [3.8, 4) is 5.75 Å². The Morgan fingerprint density at radius 1 is 1.20 bits per heavy atom. The number of aliphatic hydroxyl groups excluding tert-OH is 1. The summed E-state index contributed by atoms with van der Waals surface area (Å²) in [6, 6.07) is 12.6. The molecule has 0 saturated heterocycles. The van der Waals surface area contributed by atoms with Crippen molar-refractivity contribution in [2.45, 2.75) is 13.0 Å². The molecular weight excluding hydrogens is 361 g/mol. The number of hydrogen-bond donors (Lipinski definition) is 1. The zero-order valence-electron chi connectivity index (χ0n) is 14.0. The van der Waals surface area contributed by atoms with Gasteiger partial charge < -0.3 is 9.84 Å². The van der Waals surface area contributed by atoms with E-state index in [0.29, 0.717) is 35.2 Å². The van der Waals surface area contributed by atoms with E-state index in [2.05, 4.69) is 0 Å². The highest BCUT2D eigenvalue weighted by Gasteiger charge is 2.13. The highest BCUT2D eigenvalue weighted by atomic mass is 35.5.